The van der Waals surface area contributed by atoms with Gasteiger partial charge in [-0.25, -0.2) is 5.01 Å². The molecule has 3 nitrogen and oxygen atoms in total. The summed E-state index contributed by atoms with van der Waals surface area (Å²) in [5.74, 6) is 0. The van der Waals surface area contributed by atoms with E-state index in [1.807, 2.05) is 41.5 Å². The largest absolute Gasteiger partial charge is 0.345 e. The first-order valence-electron chi connectivity index (χ1n) is 3.93. The predicted octanol–water partition coefficient (Wildman–Crippen LogP) is 1.96. The van der Waals surface area contributed by atoms with E-state index in [2.05, 4.69) is 17.2 Å². The molecule has 0 unspecified atom stereocenters. The van der Waals surface area contributed by atoms with Crippen LogP contribution in [-0.4, -0.2) is 25.0 Å². The molecule has 0 atom stereocenters. The van der Waals surface area contributed by atoms with Gasteiger partial charge in [-0.05, 0) is 12.1 Å². The molecule has 2 rings (SSSR count). The van der Waals surface area contributed by atoms with Crippen LogP contribution in [0.5, 0.6) is 0 Å². The van der Waals surface area contributed by atoms with Crippen molar-refractivity contribution in [3.05, 3.63) is 30.3 Å². The lowest BCUT2D eigenvalue weighted by Gasteiger charge is -2.15. The Kier molecular flexibility index (Phi) is 3.53. The fourth-order valence-corrected chi connectivity index (χ4v) is 1.18. The molecule has 0 bridgehead atoms. The van der Waals surface area contributed by atoms with Crippen molar-refractivity contribution in [3.8, 4) is 0 Å². The molecule has 1 heterocycles. The molecule has 1 aromatic rings. The molecule has 0 N–H and O–H groups in total. The number of rotatable bonds is 1. The lowest BCUT2D eigenvalue weighted by atomic mass is 10.3. The van der Waals surface area contributed by atoms with Gasteiger partial charge in [-0.3, -0.25) is 0 Å². The Hall–Kier alpha value is -0.780. The highest BCUT2D eigenvalue weighted by Gasteiger charge is 2.10. The maximum atomic E-state index is 4.22. The minimum atomic E-state index is 0. The number of hydrazone groups is 1. The van der Waals surface area contributed by atoms with Gasteiger partial charge in [0.25, 0.3) is 0 Å². The van der Waals surface area contributed by atoms with Crippen LogP contribution in [0.2, 0.25) is 0 Å². The molecule has 0 saturated heterocycles. The summed E-state index contributed by atoms with van der Waals surface area (Å²) in [5, 5.41) is 6.18. The van der Waals surface area contributed by atoms with Crippen molar-refractivity contribution in [2.75, 3.05) is 18.7 Å². The monoisotopic (exact) mass is 289 g/mol. The second-order valence-electron chi connectivity index (χ2n) is 2.86. The molecular formula is C9H12IN3. The van der Waals surface area contributed by atoms with Crippen LogP contribution >= 0.6 is 24.0 Å². The number of hydrogen-bond donors (Lipinski definition) is 0. The molecule has 1 aliphatic rings. The van der Waals surface area contributed by atoms with Crippen molar-refractivity contribution in [1.29, 1.82) is 0 Å². The number of hydrogen-bond acceptors (Lipinski definition) is 3. The maximum absolute atomic E-state index is 4.22. The minimum absolute atomic E-state index is 0. The quantitative estimate of drug-likeness (QED) is 0.736. The zero-order valence-corrected chi connectivity index (χ0v) is 9.75. The third-order valence-electron chi connectivity index (χ3n) is 1.80. The average molecular weight is 289 g/mol. The number of anilines is 1. The molecule has 4 heteroatoms. The van der Waals surface area contributed by atoms with Crippen LogP contribution in [0, 0.1) is 0 Å². The molecule has 0 fully saturated rings. The number of halogens is 1. The van der Waals surface area contributed by atoms with Crippen LogP contribution < -0.4 is 5.01 Å². The SMILES string of the molecule is CN1C=NN(c2ccccc2)C1.I. The summed E-state index contributed by atoms with van der Waals surface area (Å²) < 4.78 is 0. The Balaban J connectivity index is 0.000000845. The van der Waals surface area contributed by atoms with E-state index in [4.69, 9.17) is 0 Å². The third kappa shape index (κ3) is 2.33. The van der Waals surface area contributed by atoms with Crippen LogP contribution in [0.25, 0.3) is 0 Å². The normalized spacial score (nSPS) is 14.5. The molecule has 70 valence electrons. The van der Waals surface area contributed by atoms with Gasteiger partial charge in [-0.15, -0.1) is 24.0 Å². The zero-order valence-electron chi connectivity index (χ0n) is 7.42. The van der Waals surface area contributed by atoms with Gasteiger partial charge in [0.15, 0.2) is 0 Å². The first-order valence-corrected chi connectivity index (χ1v) is 3.93. The summed E-state index contributed by atoms with van der Waals surface area (Å²) >= 11 is 0. The number of para-hydroxylation sites is 1. The summed E-state index contributed by atoms with van der Waals surface area (Å²) in [6, 6.07) is 10.1. The van der Waals surface area contributed by atoms with Gasteiger partial charge in [0.1, 0.15) is 13.0 Å². The molecule has 0 spiro atoms. The van der Waals surface area contributed by atoms with Crippen LogP contribution in [0.15, 0.2) is 35.4 Å². The van der Waals surface area contributed by atoms with Crippen molar-refractivity contribution in [1.82, 2.24) is 4.90 Å². The molecule has 0 radical (unpaired) electrons. The fraction of sp³-hybridized carbons (Fsp3) is 0.222. The lowest BCUT2D eigenvalue weighted by molar-refractivity contribution is 0.549. The van der Waals surface area contributed by atoms with E-state index in [1.165, 1.54) is 0 Å². The van der Waals surface area contributed by atoms with Crippen LogP contribution in [0.4, 0.5) is 5.69 Å². The number of nitrogens with zero attached hydrogens (tertiary/aromatic N) is 3. The van der Waals surface area contributed by atoms with E-state index in [0.29, 0.717) is 0 Å². The maximum Gasteiger partial charge on any atom is 0.113 e. The molecule has 1 aliphatic heterocycles. The first kappa shape index (κ1) is 10.3. The fourth-order valence-electron chi connectivity index (χ4n) is 1.18. The summed E-state index contributed by atoms with van der Waals surface area (Å²) in [4.78, 5) is 2.03. The average Bonchev–Trinajstić information content (AvgIpc) is 2.54. The van der Waals surface area contributed by atoms with E-state index in [-0.39, 0.29) is 24.0 Å². The Morgan fingerprint density at radius 2 is 1.92 bits per heavy atom. The van der Waals surface area contributed by atoms with E-state index >= 15 is 0 Å². The van der Waals surface area contributed by atoms with Crippen molar-refractivity contribution < 1.29 is 0 Å². The van der Waals surface area contributed by atoms with Gasteiger partial charge >= 0.3 is 0 Å². The smallest absolute Gasteiger partial charge is 0.113 e. The summed E-state index contributed by atoms with van der Waals surface area (Å²) in [5.41, 5.74) is 1.14. The summed E-state index contributed by atoms with van der Waals surface area (Å²) in [6.45, 7) is 0.837. The van der Waals surface area contributed by atoms with E-state index in [1.54, 1.807) is 0 Å². The highest BCUT2D eigenvalue weighted by molar-refractivity contribution is 14.0. The van der Waals surface area contributed by atoms with Crippen LogP contribution in [-0.2, 0) is 0 Å². The Morgan fingerprint density at radius 1 is 1.23 bits per heavy atom. The molecule has 0 aliphatic carbocycles. The molecule has 0 amide bonds. The Bertz CT molecular complexity index is 286. The number of benzene rings is 1. The Labute approximate surface area is 95.0 Å². The topological polar surface area (TPSA) is 18.8 Å². The van der Waals surface area contributed by atoms with Crippen LogP contribution in [0.1, 0.15) is 0 Å². The second-order valence-corrected chi connectivity index (χ2v) is 2.86. The summed E-state index contributed by atoms with van der Waals surface area (Å²) in [7, 11) is 2.01. The molecule has 0 aromatic heterocycles. The summed E-state index contributed by atoms with van der Waals surface area (Å²) in [6.07, 6.45) is 1.83. The van der Waals surface area contributed by atoms with E-state index in [0.717, 1.165) is 12.4 Å². The predicted molar refractivity (Wildman–Crippen MR) is 65.5 cm³/mol. The highest BCUT2D eigenvalue weighted by atomic mass is 127. The van der Waals surface area contributed by atoms with Crippen molar-refractivity contribution in [3.63, 3.8) is 0 Å². The molecule has 13 heavy (non-hydrogen) atoms. The van der Waals surface area contributed by atoms with E-state index in [9.17, 15) is 0 Å². The third-order valence-corrected chi connectivity index (χ3v) is 1.80. The van der Waals surface area contributed by atoms with Crippen LogP contribution in [0.3, 0.4) is 0 Å². The van der Waals surface area contributed by atoms with Gasteiger partial charge in [0, 0.05) is 7.05 Å². The molecule has 1 aromatic carbocycles. The molecule has 0 saturated carbocycles. The van der Waals surface area contributed by atoms with E-state index < -0.39 is 0 Å². The van der Waals surface area contributed by atoms with Gasteiger partial charge in [0.2, 0.25) is 0 Å². The van der Waals surface area contributed by atoms with Crippen molar-refractivity contribution in [2.24, 2.45) is 5.10 Å². The second kappa shape index (κ2) is 4.45. The first-order chi connectivity index (χ1) is 5.86. The highest BCUT2D eigenvalue weighted by Crippen LogP contribution is 2.15. The van der Waals surface area contributed by atoms with Crippen molar-refractivity contribution in [2.45, 2.75) is 0 Å². The van der Waals surface area contributed by atoms with Gasteiger partial charge in [0.05, 0.1) is 5.69 Å². The Morgan fingerprint density at radius 3 is 2.46 bits per heavy atom. The lowest BCUT2D eigenvalue weighted by Crippen LogP contribution is -2.22. The van der Waals surface area contributed by atoms with Gasteiger partial charge < -0.3 is 4.90 Å². The van der Waals surface area contributed by atoms with Gasteiger partial charge in [-0.1, -0.05) is 18.2 Å². The molecular weight excluding hydrogens is 277 g/mol. The minimum Gasteiger partial charge on any atom is -0.345 e. The zero-order chi connectivity index (χ0) is 8.39. The standard InChI is InChI=1S/C9H11N3.HI/c1-11-7-10-12(8-11)9-5-3-2-4-6-9;/h2-7H,8H2,1H3;1H. The van der Waals surface area contributed by atoms with Crippen molar-refractivity contribution >= 4 is 36.0 Å². The van der Waals surface area contributed by atoms with Gasteiger partial charge in [-0.2, -0.15) is 5.10 Å².